The Hall–Kier alpha value is -1.51. The fourth-order valence-electron chi connectivity index (χ4n) is 1.61. The van der Waals surface area contributed by atoms with Crippen molar-refractivity contribution < 1.29 is 9.53 Å². The number of hydrogen-bond donors (Lipinski definition) is 0. The lowest BCUT2D eigenvalue weighted by molar-refractivity contribution is 0.306. The number of ether oxygens (including phenoxy) is 1. The Morgan fingerprint density at radius 1 is 1.00 bits per heavy atom. The number of carbonyl (C=O) groups excluding carboxylic acids is 1. The first-order valence-corrected chi connectivity index (χ1v) is 6.46. The second-order valence-electron chi connectivity index (χ2n) is 3.95. The maximum atomic E-state index is 10.3. The number of rotatable bonds is 5. The summed E-state index contributed by atoms with van der Waals surface area (Å²) in [4.78, 5) is 10.3. The van der Waals surface area contributed by atoms with Crippen LogP contribution in [0, 0.1) is 0 Å². The monoisotopic (exact) mass is 293 g/mol. The van der Waals surface area contributed by atoms with E-state index in [1.807, 2.05) is 18.4 Å². The van der Waals surface area contributed by atoms with Gasteiger partial charge in [-0.2, -0.15) is 0 Å². The summed E-state index contributed by atoms with van der Waals surface area (Å²) in [5.41, 5.74) is 1.66. The van der Waals surface area contributed by atoms with E-state index in [9.17, 15) is 4.79 Å². The largest absolute Gasteiger partial charge is 0.489 e. The van der Waals surface area contributed by atoms with Gasteiger partial charge in [-0.1, -0.05) is 41.4 Å². The van der Waals surface area contributed by atoms with Crippen molar-refractivity contribution in [2.75, 3.05) is 0 Å². The third-order valence-corrected chi connectivity index (χ3v) is 3.35. The first-order valence-electron chi connectivity index (χ1n) is 5.70. The highest BCUT2D eigenvalue weighted by Crippen LogP contribution is 2.25. The van der Waals surface area contributed by atoms with Crippen molar-refractivity contribution in [1.29, 1.82) is 0 Å². The van der Waals surface area contributed by atoms with Crippen molar-refractivity contribution in [2.45, 2.75) is 13.0 Å². The van der Waals surface area contributed by atoms with Crippen LogP contribution in [0.5, 0.6) is 5.75 Å². The second-order valence-corrected chi connectivity index (χ2v) is 4.77. The van der Waals surface area contributed by atoms with Crippen LogP contribution in [0.4, 0.5) is 0 Å². The Kier molecular flexibility index (Phi) is 4.83. The predicted octanol–water partition coefficient (Wildman–Crippen LogP) is 4.22. The Balaban J connectivity index is 2.04. The highest BCUT2D eigenvalue weighted by molar-refractivity contribution is 6.35. The minimum absolute atomic E-state index is 0.288. The predicted molar refractivity (Wildman–Crippen MR) is 76.6 cm³/mol. The van der Waals surface area contributed by atoms with E-state index in [-0.39, 0.29) is 6.42 Å². The Bertz CT molecular complexity index is 545. The van der Waals surface area contributed by atoms with Gasteiger partial charge in [0.25, 0.3) is 0 Å². The van der Waals surface area contributed by atoms with Crippen LogP contribution in [-0.4, -0.2) is 6.29 Å². The van der Waals surface area contributed by atoms with E-state index in [0.29, 0.717) is 22.4 Å². The zero-order valence-electron chi connectivity index (χ0n) is 10.0. The van der Waals surface area contributed by atoms with Gasteiger partial charge in [0.05, 0.1) is 0 Å². The van der Waals surface area contributed by atoms with Gasteiger partial charge in [0, 0.05) is 22.0 Å². The molecule has 0 aromatic heterocycles. The molecule has 0 unspecified atom stereocenters. The van der Waals surface area contributed by atoms with Crippen LogP contribution in [0.3, 0.4) is 0 Å². The summed E-state index contributed by atoms with van der Waals surface area (Å²) in [7, 11) is 0. The Morgan fingerprint density at radius 2 is 1.63 bits per heavy atom. The molecule has 0 amide bonds. The van der Waals surface area contributed by atoms with Crippen molar-refractivity contribution in [3.63, 3.8) is 0 Å². The smallest absolute Gasteiger partial charge is 0.203 e. The normalized spacial score (nSPS) is 10.2. The quantitative estimate of drug-likeness (QED) is 0.825. The van der Waals surface area contributed by atoms with E-state index in [1.165, 1.54) is 0 Å². The lowest BCUT2D eigenvalue weighted by Crippen LogP contribution is -1.97. The zero-order valence-corrected chi connectivity index (χ0v) is 11.5. The van der Waals surface area contributed by atoms with Crippen molar-refractivity contribution in [3.8, 4) is 5.75 Å². The van der Waals surface area contributed by atoms with Crippen LogP contribution in [-0.2, 0) is 17.8 Å². The molecule has 0 aliphatic carbocycles. The average molecular weight is 294 g/mol. The van der Waals surface area contributed by atoms with Gasteiger partial charge in [-0.25, -0.2) is 0 Å². The molecular formula is C15H11Cl2O2. The fourth-order valence-corrected chi connectivity index (χ4v) is 2.12. The topological polar surface area (TPSA) is 26.3 Å². The molecule has 0 N–H and O–H groups in total. The maximum Gasteiger partial charge on any atom is 0.203 e. The van der Waals surface area contributed by atoms with E-state index in [2.05, 4.69) is 0 Å². The van der Waals surface area contributed by atoms with Crippen LogP contribution in [0.25, 0.3) is 0 Å². The third kappa shape index (κ3) is 3.72. The van der Waals surface area contributed by atoms with E-state index in [0.717, 1.165) is 11.1 Å². The van der Waals surface area contributed by atoms with Crippen LogP contribution >= 0.6 is 23.2 Å². The van der Waals surface area contributed by atoms with Gasteiger partial charge in [-0.3, -0.25) is 4.79 Å². The van der Waals surface area contributed by atoms with Crippen LogP contribution in [0.2, 0.25) is 10.0 Å². The Labute approximate surface area is 121 Å². The minimum Gasteiger partial charge on any atom is -0.489 e. The summed E-state index contributed by atoms with van der Waals surface area (Å²) < 4.78 is 5.62. The molecule has 0 heterocycles. The van der Waals surface area contributed by atoms with Crippen LogP contribution in [0.1, 0.15) is 11.1 Å². The summed E-state index contributed by atoms with van der Waals surface area (Å²) in [5.74, 6) is 0.700. The molecule has 0 bridgehead atoms. The van der Waals surface area contributed by atoms with Crippen molar-refractivity contribution in [1.82, 2.24) is 0 Å². The molecule has 2 nitrogen and oxygen atoms in total. The second kappa shape index (κ2) is 6.60. The van der Waals surface area contributed by atoms with Gasteiger partial charge in [-0.05, 0) is 29.8 Å². The maximum absolute atomic E-state index is 10.3. The molecule has 2 aromatic rings. The number of benzene rings is 2. The summed E-state index contributed by atoms with van der Waals surface area (Å²) in [6.07, 6.45) is 2.14. The third-order valence-electron chi connectivity index (χ3n) is 2.64. The molecule has 0 aliphatic rings. The minimum atomic E-state index is 0.288. The molecule has 97 valence electrons. The average Bonchev–Trinajstić information content (AvgIpc) is 2.40. The van der Waals surface area contributed by atoms with Gasteiger partial charge in [0.1, 0.15) is 12.4 Å². The first kappa shape index (κ1) is 13.9. The fraction of sp³-hybridized carbons (Fsp3) is 0.133. The van der Waals surface area contributed by atoms with Crippen LogP contribution < -0.4 is 4.74 Å². The first-order chi connectivity index (χ1) is 9.20. The van der Waals surface area contributed by atoms with Gasteiger partial charge in [-0.15, -0.1) is 0 Å². The molecule has 2 aromatic carbocycles. The lowest BCUT2D eigenvalue weighted by atomic mass is 10.2. The van der Waals surface area contributed by atoms with E-state index >= 15 is 0 Å². The Morgan fingerprint density at radius 3 is 2.21 bits per heavy atom. The highest BCUT2D eigenvalue weighted by Gasteiger charge is 2.06. The summed E-state index contributed by atoms with van der Waals surface area (Å²) >= 11 is 12.1. The zero-order chi connectivity index (χ0) is 13.7. The number of halogens is 2. The van der Waals surface area contributed by atoms with E-state index in [4.69, 9.17) is 27.9 Å². The molecule has 2 rings (SSSR count). The molecule has 0 spiro atoms. The molecule has 1 radical (unpaired) electrons. The lowest BCUT2D eigenvalue weighted by Gasteiger charge is -2.09. The SMILES string of the molecule is O=[C]Cc1ccc(OCc2c(Cl)cccc2Cl)cc1. The summed E-state index contributed by atoms with van der Waals surface area (Å²) in [6, 6.07) is 12.6. The van der Waals surface area contributed by atoms with Gasteiger partial charge in [0.15, 0.2) is 0 Å². The van der Waals surface area contributed by atoms with Gasteiger partial charge < -0.3 is 4.74 Å². The highest BCUT2D eigenvalue weighted by atomic mass is 35.5. The summed E-state index contributed by atoms with van der Waals surface area (Å²) in [6.45, 7) is 0.303. The molecule has 4 heteroatoms. The number of hydrogen-bond acceptors (Lipinski definition) is 2. The van der Waals surface area contributed by atoms with Crippen LogP contribution in [0.15, 0.2) is 42.5 Å². The molecule has 0 fully saturated rings. The van der Waals surface area contributed by atoms with Crippen molar-refractivity contribution >= 4 is 29.5 Å². The standard InChI is InChI=1S/C15H11Cl2O2/c16-14-2-1-3-15(17)13(14)10-19-12-6-4-11(5-7-12)8-9-18/h1-7H,8,10H2. The molecule has 0 saturated carbocycles. The molecule has 0 saturated heterocycles. The molecule has 19 heavy (non-hydrogen) atoms. The van der Waals surface area contributed by atoms with E-state index < -0.39 is 0 Å². The summed E-state index contributed by atoms with van der Waals surface area (Å²) in [5, 5.41) is 1.17. The van der Waals surface area contributed by atoms with Gasteiger partial charge >= 0.3 is 0 Å². The molecule has 0 aliphatic heterocycles. The van der Waals surface area contributed by atoms with Gasteiger partial charge in [0.2, 0.25) is 6.29 Å². The molecule has 0 atom stereocenters. The van der Waals surface area contributed by atoms with Crippen molar-refractivity contribution in [3.05, 3.63) is 63.6 Å². The molecular weight excluding hydrogens is 283 g/mol. The van der Waals surface area contributed by atoms with E-state index in [1.54, 1.807) is 30.3 Å². The van der Waals surface area contributed by atoms with Crippen molar-refractivity contribution in [2.24, 2.45) is 0 Å².